The number of nitrogens with zero attached hydrogens (tertiary/aromatic N) is 4. The molecule has 26 heavy (non-hydrogen) atoms. The summed E-state index contributed by atoms with van der Waals surface area (Å²) in [6, 6.07) is 10.2. The maximum absolute atomic E-state index is 13.1. The third-order valence-corrected chi connectivity index (χ3v) is 5.22. The number of imidazole rings is 1. The Balaban J connectivity index is 1.57. The van der Waals surface area contributed by atoms with Gasteiger partial charge in [0.15, 0.2) is 11.5 Å². The Labute approximate surface area is 162 Å². The zero-order chi connectivity index (χ0) is 18.1. The second-order valence-corrected chi connectivity index (χ2v) is 7.43. The van der Waals surface area contributed by atoms with Gasteiger partial charge in [-0.05, 0) is 58.7 Å². The highest BCUT2D eigenvalue weighted by Crippen LogP contribution is 2.24. The molecule has 0 spiro atoms. The zero-order valence-electron chi connectivity index (χ0n) is 13.9. The number of anilines is 1. The fraction of sp³-hybridized carbons (Fsp3) is 0.167. The molecule has 4 rings (SSSR count). The summed E-state index contributed by atoms with van der Waals surface area (Å²) in [5.74, 6) is 0.631. The minimum atomic E-state index is -0.246. The van der Waals surface area contributed by atoms with Crippen LogP contribution in [0.5, 0.6) is 0 Å². The maximum Gasteiger partial charge on any atom is 0.156 e. The third-order valence-electron chi connectivity index (χ3n) is 3.95. The fourth-order valence-corrected chi connectivity index (χ4v) is 3.72. The standard InChI is InChI=1S/C18H15BrFN5S/c1-2-13-18(25-16(22-13)8-7-15(19)24-25)21-9-17-23-14(10-26-17)11-3-5-12(20)6-4-11/h3-8,10,21H,2,9H2,1H3. The van der Waals surface area contributed by atoms with Crippen molar-refractivity contribution in [2.45, 2.75) is 19.9 Å². The molecule has 0 amide bonds. The van der Waals surface area contributed by atoms with Crippen LogP contribution in [0.2, 0.25) is 0 Å². The Morgan fingerprint density at radius 2 is 1.96 bits per heavy atom. The molecular formula is C18H15BrFN5S. The summed E-state index contributed by atoms with van der Waals surface area (Å²) in [5, 5.41) is 10.8. The molecule has 0 aliphatic carbocycles. The minimum Gasteiger partial charge on any atom is -0.362 e. The van der Waals surface area contributed by atoms with Crippen LogP contribution in [0, 0.1) is 5.82 Å². The summed E-state index contributed by atoms with van der Waals surface area (Å²) in [6.45, 7) is 2.64. The summed E-state index contributed by atoms with van der Waals surface area (Å²) in [7, 11) is 0. The second kappa shape index (κ2) is 7.13. The molecule has 3 aromatic heterocycles. The van der Waals surface area contributed by atoms with E-state index >= 15 is 0 Å². The summed E-state index contributed by atoms with van der Waals surface area (Å²) in [5.41, 5.74) is 3.52. The van der Waals surface area contributed by atoms with E-state index in [1.807, 2.05) is 17.5 Å². The Bertz CT molecular complexity index is 1060. The average molecular weight is 432 g/mol. The zero-order valence-corrected chi connectivity index (χ0v) is 16.3. The van der Waals surface area contributed by atoms with Crippen LogP contribution >= 0.6 is 27.3 Å². The molecule has 132 valence electrons. The number of benzene rings is 1. The van der Waals surface area contributed by atoms with Crippen LogP contribution in [0.1, 0.15) is 17.6 Å². The molecule has 1 aromatic carbocycles. The van der Waals surface area contributed by atoms with Crippen molar-refractivity contribution < 1.29 is 4.39 Å². The smallest absolute Gasteiger partial charge is 0.156 e. The summed E-state index contributed by atoms with van der Waals surface area (Å²) in [4.78, 5) is 9.25. The van der Waals surface area contributed by atoms with Crippen molar-refractivity contribution in [1.29, 1.82) is 0 Å². The number of aryl methyl sites for hydroxylation is 1. The maximum atomic E-state index is 13.1. The molecule has 0 aliphatic heterocycles. The molecular weight excluding hydrogens is 417 g/mol. The first-order chi connectivity index (χ1) is 12.6. The van der Waals surface area contributed by atoms with Gasteiger partial charge in [-0.2, -0.15) is 9.61 Å². The molecule has 0 atom stereocenters. The normalized spacial score (nSPS) is 11.2. The van der Waals surface area contributed by atoms with Gasteiger partial charge in [-0.3, -0.25) is 0 Å². The topological polar surface area (TPSA) is 55.1 Å². The lowest BCUT2D eigenvalue weighted by Crippen LogP contribution is -2.05. The minimum absolute atomic E-state index is 0.246. The van der Waals surface area contributed by atoms with Crippen molar-refractivity contribution in [3.8, 4) is 11.3 Å². The number of hydrogen-bond donors (Lipinski definition) is 1. The molecule has 0 saturated carbocycles. The highest BCUT2D eigenvalue weighted by molar-refractivity contribution is 9.10. The molecule has 1 N–H and O–H groups in total. The lowest BCUT2D eigenvalue weighted by Gasteiger charge is -2.05. The first kappa shape index (κ1) is 17.1. The van der Waals surface area contributed by atoms with Crippen LogP contribution in [0.3, 0.4) is 0 Å². The first-order valence-electron chi connectivity index (χ1n) is 8.12. The Kier molecular flexibility index (Phi) is 4.69. The van der Waals surface area contributed by atoms with Gasteiger partial charge in [-0.25, -0.2) is 14.4 Å². The Morgan fingerprint density at radius 3 is 2.73 bits per heavy atom. The SMILES string of the molecule is CCc1nc2ccc(Br)nn2c1NCc1nc(-c2ccc(F)cc2)cs1. The largest absolute Gasteiger partial charge is 0.362 e. The van der Waals surface area contributed by atoms with Gasteiger partial charge < -0.3 is 5.32 Å². The van der Waals surface area contributed by atoms with Gasteiger partial charge in [0.25, 0.3) is 0 Å². The summed E-state index contributed by atoms with van der Waals surface area (Å²) in [6.07, 6.45) is 0.808. The monoisotopic (exact) mass is 431 g/mol. The van der Waals surface area contributed by atoms with E-state index in [0.29, 0.717) is 6.54 Å². The van der Waals surface area contributed by atoms with Gasteiger partial charge in [0.2, 0.25) is 0 Å². The van der Waals surface area contributed by atoms with Crippen LogP contribution < -0.4 is 5.32 Å². The van der Waals surface area contributed by atoms with Gasteiger partial charge >= 0.3 is 0 Å². The number of rotatable bonds is 5. The van der Waals surface area contributed by atoms with Crippen LogP contribution in [-0.2, 0) is 13.0 Å². The quantitative estimate of drug-likeness (QED) is 0.486. The number of aromatic nitrogens is 4. The number of hydrogen-bond acceptors (Lipinski definition) is 5. The van der Waals surface area contributed by atoms with Crippen molar-refractivity contribution in [2.24, 2.45) is 0 Å². The van der Waals surface area contributed by atoms with E-state index < -0.39 is 0 Å². The molecule has 4 aromatic rings. The Morgan fingerprint density at radius 1 is 1.15 bits per heavy atom. The van der Waals surface area contributed by atoms with Crippen LogP contribution in [-0.4, -0.2) is 19.6 Å². The van der Waals surface area contributed by atoms with E-state index in [1.54, 1.807) is 28.0 Å². The predicted molar refractivity (Wildman–Crippen MR) is 105 cm³/mol. The van der Waals surface area contributed by atoms with Gasteiger partial charge in [-0.1, -0.05) is 6.92 Å². The van der Waals surface area contributed by atoms with E-state index in [2.05, 4.69) is 43.2 Å². The van der Waals surface area contributed by atoms with Gasteiger partial charge in [0, 0.05) is 10.9 Å². The Hall–Kier alpha value is -2.32. The van der Waals surface area contributed by atoms with Gasteiger partial charge in [0.05, 0.1) is 17.9 Å². The molecule has 0 saturated heterocycles. The molecule has 5 nitrogen and oxygen atoms in total. The van der Waals surface area contributed by atoms with Gasteiger partial charge in [0.1, 0.15) is 15.4 Å². The molecule has 0 fully saturated rings. The first-order valence-corrected chi connectivity index (χ1v) is 9.79. The van der Waals surface area contributed by atoms with Crippen LogP contribution in [0.4, 0.5) is 10.2 Å². The molecule has 8 heteroatoms. The fourth-order valence-electron chi connectivity index (χ4n) is 2.68. The van der Waals surface area contributed by atoms with Crippen LogP contribution in [0.15, 0.2) is 46.4 Å². The lowest BCUT2D eigenvalue weighted by molar-refractivity contribution is 0.628. The van der Waals surface area contributed by atoms with Crippen molar-refractivity contribution in [3.05, 3.63) is 62.9 Å². The van der Waals surface area contributed by atoms with Crippen molar-refractivity contribution in [2.75, 3.05) is 5.32 Å². The summed E-state index contributed by atoms with van der Waals surface area (Å²) < 4.78 is 15.6. The molecule has 0 radical (unpaired) electrons. The van der Waals surface area contributed by atoms with E-state index in [1.165, 1.54) is 12.1 Å². The summed E-state index contributed by atoms with van der Waals surface area (Å²) >= 11 is 4.97. The van der Waals surface area contributed by atoms with E-state index in [4.69, 9.17) is 0 Å². The van der Waals surface area contributed by atoms with E-state index in [9.17, 15) is 4.39 Å². The van der Waals surface area contributed by atoms with Gasteiger partial charge in [-0.15, -0.1) is 11.3 Å². The number of nitrogens with one attached hydrogen (secondary N) is 1. The van der Waals surface area contributed by atoms with Crippen molar-refractivity contribution >= 4 is 38.7 Å². The molecule has 3 heterocycles. The van der Waals surface area contributed by atoms with E-state index in [-0.39, 0.29) is 5.82 Å². The average Bonchev–Trinajstić information content (AvgIpc) is 3.24. The van der Waals surface area contributed by atoms with Crippen molar-refractivity contribution in [1.82, 2.24) is 19.6 Å². The second-order valence-electron chi connectivity index (χ2n) is 5.67. The van der Waals surface area contributed by atoms with Crippen molar-refractivity contribution in [3.63, 3.8) is 0 Å². The van der Waals surface area contributed by atoms with Crippen LogP contribution in [0.25, 0.3) is 16.9 Å². The van der Waals surface area contributed by atoms with E-state index in [0.717, 1.165) is 44.4 Å². The highest BCUT2D eigenvalue weighted by atomic mass is 79.9. The third kappa shape index (κ3) is 3.34. The lowest BCUT2D eigenvalue weighted by atomic mass is 10.2. The molecule has 0 aliphatic rings. The number of fused-ring (bicyclic) bond motifs is 1. The molecule has 0 bridgehead atoms. The molecule has 0 unspecified atom stereocenters. The predicted octanol–water partition coefficient (Wildman–Crippen LogP) is 4.93. The number of halogens is 2. The number of thiazole rings is 1. The highest BCUT2D eigenvalue weighted by Gasteiger charge is 2.13.